The second kappa shape index (κ2) is 9.54. The van der Waals surface area contributed by atoms with Crippen molar-refractivity contribution in [1.29, 1.82) is 0 Å². The van der Waals surface area contributed by atoms with E-state index in [9.17, 15) is 14.4 Å². The van der Waals surface area contributed by atoms with E-state index in [0.717, 1.165) is 18.8 Å². The number of ether oxygens (including phenoxy) is 1. The largest absolute Gasteiger partial charge is 0.452 e. The fourth-order valence-corrected chi connectivity index (χ4v) is 2.62. The quantitative estimate of drug-likeness (QED) is 0.549. The molecule has 2 aromatic rings. The lowest BCUT2D eigenvalue weighted by Gasteiger charge is -2.21. The number of esters is 1. The summed E-state index contributed by atoms with van der Waals surface area (Å²) < 4.78 is 9.78. The molecule has 0 fully saturated rings. The van der Waals surface area contributed by atoms with E-state index in [0.29, 0.717) is 17.0 Å². The molecule has 0 aliphatic rings. The van der Waals surface area contributed by atoms with Crippen molar-refractivity contribution in [3.8, 4) is 0 Å². The van der Waals surface area contributed by atoms with Gasteiger partial charge in [0.25, 0.3) is 11.8 Å². The van der Waals surface area contributed by atoms with Gasteiger partial charge in [-0.15, -0.1) is 0 Å². The van der Waals surface area contributed by atoms with Crippen LogP contribution in [0.25, 0.3) is 0 Å². The summed E-state index contributed by atoms with van der Waals surface area (Å²) in [5.74, 6) is -1.56. The number of rotatable bonds is 7. The molecule has 0 bridgehead atoms. The molecule has 1 aromatic heterocycles. The van der Waals surface area contributed by atoms with E-state index >= 15 is 0 Å². The zero-order chi connectivity index (χ0) is 20.7. The highest BCUT2D eigenvalue weighted by molar-refractivity contribution is 5.96. The summed E-state index contributed by atoms with van der Waals surface area (Å²) in [6.07, 6.45) is 0. The van der Waals surface area contributed by atoms with Crippen LogP contribution in [-0.4, -0.2) is 42.6 Å². The van der Waals surface area contributed by atoms with Gasteiger partial charge in [-0.25, -0.2) is 4.79 Å². The molecule has 0 aliphatic heterocycles. The van der Waals surface area contributed by atoms with E-state index in [-0.39, 0.29) is 5.56 Å². The molecule has 1 aromatic carbocycles. The Morgan fingerprint density at radius 1 is 1.07 bits per heavy atom. The van der Waals surface area contributed by atoms with Crippen LogP contribution in [0.5, 0.6) is 0 Å². The maximum atomic E-state index is 12.1. The number of hydrogen-bond donors (Lipinski definition) is 2. The molecule has 2 N–H and O–H groups in total. The summed E-state index contributed by atoms with van der Waals surface area (Å²) in [5, 5.41) is 3.65. The second-order valence-electron chi connectivity index (χ2n) is 6.00. The molecule has 0 saturated carbocycles. The number of hydrogen-bond acceptors (Lipinski definition) is 7. The molecule has 1 heterocycles. The minimum atomic E-state index is -0.718. The zero-order valence-corrected chi connectivity index (χ0v) is 16.4. The normalized spacial score (nSPS) is 10.3. The van der Waals surface area contributed by atoms with Crippen LogP contribution < -0.4 is 15.8 Å². The average Bonchev–Trinajstić information content (AvgIpc) is 3.04. The van der Waals surface area contributed by atoms with E-state index in [1.807, 2.05) is 12.1 Å². The number of benzene rings is 1. The van der Waals surface area contributed by atoms with Crippen LogP contribution in [0, 0.1) is 13.8 Å². The van der Waals surface area contributed by atoms with Crippen LogP contribution >= 0.6 is 0 Å². The minimum Gasteiger partial charge on any atom is -0.452 e. The lowest BCUT2D eigenvalue weighted by molar-refractivity contribution is -0.125. The SMILES string of the molecule is CCN(CC)c1ccc(C(=O)NNC(=O)COC(=O)c2c(C)noc2C)cc1. The molecule has 0 spiro atoms. The van der Waals surface area contributed by atoms with Gasteiger partial charge < -0.3 is 14.2 Å². The van der Waals surface area contributed by atoms with Gasteiger partial charge in [0.2, 0.25) is 0 Å². The van der Waals surface area contributed by atoms with Crippen molar-refractivity contribution in [1.82, 2.24) is 16.0 Å². The Bertz CT molecular complexity index is 821. The number of anilines is 1. The first-order chi connectivity index (χ1) is 13.4. The van der Waals surface area contributed by atoms with Gasteiger partial charge in [0.1, 0.15) is 11.3 Å². The van der Waals surface area contributed by atoms with Gasteiger partial charge in [0, 0.05) is 24.3 Å². The van der Waals surface area contributed by atoms with Gasteiger partial charge in [-0.1, -0.05) is 5.16 Å². The molecular formula is C19H24N4O5. The number of aromatic nitrogens is 1. The van der Waals surface area contributed by atoms with Crippen molar-refractivity contribution >= 4 is 23.5 Å². The first kappa shape index (κ1) is 20.9. The number of nitrogens with one attached hydrogen (secondary N) is 2. The molecular weight excluding hydrogens is 364 g/mol. The van der Waals surface area contributed by atoms with E-state index in [1.54, 1.807) is 26.0 Å². The maximum absolute atomic E-state index is 12.1. The summed E-state index contributed by atoms with van der Waals surface area (Å²) >= 11 is 0. The van der Waals surface area contributed by atoms with Gasteiger partial charge in [-0.05, 0) is 52.0 Å². The monoisotopic (exact) mass is 388 g/mol. The Morgan fingerprint density at radius 2 is 1.71 bits per heavy atom. The van der Waals surface area contributed by atoms with E-state index in [4.69, 9.17) is 9.26 Å². The maximum Gasteiger partial charge on any atom is 0.344 e. The first-order valence-corrected chi connectivity index (χ1v) is 8.91. The third-order valence-corrected chi connectivity index (χ3v) is 4.15. The predicted molar refractivity (Wildman–Crippen MR) is 102 cm³/mol. The third-order valence-electron chi connectivity index (χ3n) is 4.15. The molecule has 28 heavy (non-hydrogen) atoms. The summed E-state index contributed by atoms with van der Waals surface area (Å²) in [6, 6.07) is 7.03. The first-order valence-electron chi connectivity index (χ1n) is 8.91. The topological polar surface area (TPSA) is 114 Å². The third kappa shape index (κ3) is 5.09. The van der Waals surface area contributed by atoms with Crippen molar-refractivity contribution < 1.29 is 23.6 Å². The Hall–Kier alpha value is -3.36. The van der Waals surface area contributed by atoms with E-state index < -0.39 is 24.4 Å². The Labute approximate surface area is 163 Å². The molecule has 0 unspecified atom stereocenters. The number of amides is 2. The van der Waals surface area contributed by atoms with Crippen molar-refractivity contribution in [2.45, 2.75) is 27.7 Å². The molecule has 0 saturated heterocycles. The smallest absolute Gasteiger partial charge is 0.344 e. The molecule has 150 valence electrons. The van der Waals surface area contributed by atoms with Crippen molar-refractivity contribution in [3.05, 3.63) is 46.8 Å². The Kier molecular flexibility index (Phi) is 7.14. The molecule has 2 rings (SSSR count). The number of hydrazine groups is 1. The van der Waals surface area contributed by atoms with Crippen LogP contribution in [0.4, 0.5) is 5.69 Å². The van der Waals surface area contributed by atoms with Crippen molar-refractivity contribution in [2.75, 3.05) is 24.6 Å². The number of aryl methyl sites for hydroxylation is 2. The Balaban J connectivity index is 1.82. The van der Waals surface area contributed by atoms with Crippen molar-refractivity contribution in [2.24, 2.45) is 0 Å². The fourth-order valence-electron chi connectivity index (χ4n) is 2.62. The van der Waals surface area contributed by atoms with Crippen LogP contribution in [0.15, 0.2) is 28.8 Å². The Morgan fingerprint density at radius 3 is 2.25 bits per heavy atom. The highest BCUT2D eigenvalue weighted by Gasteiger charge is 2.20. The van der Waals surface area contributed by atoms with Crippen LogP contribution in [-0.2, 0) is 9.53 Å². The van der Waals surface area contributed by atoms with Crippen LogP contribution in [0.2, 0.25) is 0 Å². The summed E-state index contributed by atoms with van der Waals surface area (Å²) in [7, 11) is 0. The van der Waals surface area contributed by atoms with Crippen molar-refractivity contribution in [3.63, 3.8) is 0 Å². The summed E-state index contributed by atoms with van der Waals surface area (Å²) in [4.78, 5) is 38.0. The lowest BCUT2D eigenvalue weighted by atomic mass is 10.2. The van der Waals surface area contributed by atoms with E-state index in [2.05, 4.69) is 34.8 Å². The summed E-state index contributed by atoms with van der Waals surface area (Å²) in [6.45, 7) is 8.46. The zero-order valence-electron chi connectivity index (χ0n) is 16.4. The van der Waals surface area contributed by atoms with Gasteiger partial charge >= 0.3 is 5.97 Å². The highest BCUT2D eigenvalue weighted by atomic mass is 16.5. The van der Waals surface area contributed by atoms with Gasteiger partial charge in [-0.3, -0.25) is 20.4 Å². The van der Waals surface area contributed by atoms with Crippen LogP contribution in [0.1, 0.15) is 46.0 Å². The fraction of sp³-hybridized carbons (Fsp3) is 0.368. The molecule has 9 nitrogen and oxygen atoms in total. The predicted octanol–water partition coefficient (Wildman–Crippen LogP) is 1.76. The molecule has 0 radical (unpaired) electrons. The molecule has 9 heteroatoms. The van der Waals surface area contributed by atoms with Gasteiger partial charge in [-0.2, -0.15) is 0 Å². The van der Waals surface area contributed by atoms with Crippen LogP contribution in [0.3, 0.4) is 0 Å². The lowest BCUT2D eigenvalue weighted by Crippen LogP contribution is -2.43. The minimum absolute atomic E-state index is 0.185. The van der Waals surface area contributed by atoms with E-state index in [1.165, 1.54) is 0 Å². The van der Waals surface area contributed by atoms with Gasteiger partial charge in [0.05, 0.1) is 5.69 Å². The standard InChI is InChI=1S/C19H24N4O5/c1-5-23(6-2)15-9-7-14(8-10-15)18(25)21-20-16(24)11-27-19(26)17-12(3)22-28-13(17)4/h7-10H,5-6,11H2,1-4H3,(H,20,24)(H,21,25). The second-order valence-corrected chi connectivity index (χ2v) is 6.00. The van der Waals surface area contributed by atoms with Gasteiger partial charge in [0.15, 0.2) is 6.61 Å². The number of nitrogens with zero attached hydrogens (tertiary/aromatic N) is 2. The molecule has 0 aliphatic carbocycles. The average molecular weight is 388 g/mol. The number of carbonyl (C=O) groups is 3. The highest BCUT2D eigenvalue weighted by Crippen LogP contribution is 2.15. The molecule has 2 amide bonds. The molecule has 0 atom stereocenters. The number of carbonyl (C=O) groups excluding carboxylic acids is 3. The summed E-state index contributed by atoms with van der Waals surface area (Å²) in [5.41, 5.74) is 6.46.